The molecule has 0 aliphatic rings. The molecule has 0 aromatic heterocycles. The first kappa shape index (κ1) is 18.3. The van der Waals surface area contributed by atoms with Gasteiger partial charge >= 0.3 is 0 Å². The molecule has 0 N–H and O–H groups in total. The van der Waals surface area contributed by atoms with E-state index >= 15 is 0 Å². The lowest BCUT2D eigenvalue weighted by atomic mass is 9.92. The lowest BCUT2D eigenvalue weighted by Crippen LogP contribution is -2.41. The molecule has 2 rings (SSSR count). The number of benzene rings is 2. The topological polar surface area (TPSA) is 18.5 Å². The maximum absolute atomic E-state index is 6.14. The second kappa shape index (κ2) is 7.27. The van der Waals surface area contributed by atoms with Crippen LogP contribution in [0.25, 0.3) is 0 Å². The fourth-order valence-electron chi connectivity index (χ4n) is 2.74. The fraction of sp³-hybridized carbons (Fsp3) is 0.368. The molecule has 0 atom stereocenters. The first-order valence-corrected chi connectivity index (χ1v) is 9.13. The predicted octanol–water partition coefficient (Wildman–Crippen LogP) is 6.62. The molecule has 2 aromatic carbocycles. The average Bonchev–Trinajstić information content (AvgIpc) is 2.42. The maximum atomic E-state index is 6.14. The van der Waals surface area contributed by atoms with Crippen molar-refractivity contribution in [2.24, 2.45) is 0 Å². The standard InChI is InChI=1S/C19H22Br2O2/c1-18(2,22-16-9-5-14(20)6-10-16)13-19(3,4)23-17-11-7-15(21)8-12-17/h5-12H,13H2,1-4H3. The van der Waals surface area contributed by atoms with Gasteiger partial charge in [0.2, 0.25) is 0 Å². The van der Waals surface area contributed by atoms with Crippen molar-refractivity contribution in [2.75, 3.05) is 0 Å². The zero-order valence-corrected chi connectivity index (χ0v) is 17.1. The number of halogens is 2. The summed E-state index contributed by atoms with van der Waals surface area (Å²) in [6.07, 6.45) is 0.756. The lowest BCUT2D eigenvalue weighted by Gasteiger charge is -2.35. The molecule has 0 saturated heterocycles. The molecular formula is C19H22Br2O2. The highest BCUT2D eigenvalue weighted by molar-refractivity contribution is 9.10. The van der Waals surface area contributed by atoms with Gasteiger partial charge in [0.1, 0.15) is 22.7 Å². The van der Waals surface area contributed by atoms with Crippen molar-refractivity contribution in [2.45, 2.75) is 45.3 Å². The third kappa shape index (κ3) is 6.19. The van der Waals surface area contributed by atoms with Crippen molar-refractivity contribution in [1.29, 1.82) is 0 Å². The van der Waals surface area contributed by atoms with Gasteiger partial charge in [0.15, 0.2) is 0 Å². The van der Waals surface area contributed by atoms with Crippen molar-refractivity contribution < 1.29 is 9.47 Å². The Balaban J connectivity index is 2.02. The Labute approximate surface area is 155 Å². The molecule has 2 aromatic rings. The molecule has 0 radical (unpaired) electrons. The van der Waals surface area contributed by atoms with Crippen LogP contribution in [-0.4, -0.2) is 11.2 Å². The van der Waals surface area contributed by atoms with Crippen LogP contribution in [0.15, 0.2) is 57.5 Å². The van der Waals surface area contributed by atoms with Crippen LogP contribution in [0.3, 0.4) is 0 Å². The van der Waals surface area contributed by atoms with Crippen LogP contribution in [-0.2, 0) is 0 Å². The molecule has 0 aliphatic carbocycles. The summed E-state index contributed by atoms with van der Waals surface area (Å²) in [4.78, 5) is 0. The van der Waals surface area contributed by atoms with Gasteiger partial charge in [0, 0.05) is 15.4 Å². The van der Waals surface area contributed by atoms with Crippen LogP contribution in [0, 0.1) is 0 Å². The van der Waals surface area contributed by atoms with Crippen LogP contribution in [0.4, 0.5) is 0 Å². The van der Waals surface area contributed by atoms with E-state index in [1.54, 1.807) is 0 Å². The van der Waals surface area contributed by atoms with Crippen molar-refractivity contribution in [3.63, 3.8) is 0 Å². The van der Waals surface area contributed by atoms with Crippen LogP contribution in [0.5, 0.6) is 11.5 Å². The zero-order valence-electron chi connectivity index (χ0n) is 13.9. The Morgan fingerprint density at radius 3 is 1.26 bits per heavy atom. The smallest absolute Gasteiger partial charge is 0.120 e. The van der Waals surface area contributed by atoms with Gasteiger partial charge in [-0.2, -0.15) is 0 Å². The molecule has 23 heavy (non-hydrogen) atoms. The van der Waals surface area contributed by atoms with E-state index in [4.69, 9.17) is 9.47 Å². The molecule has 2 nitrogen and oxygen atoms in total. The van der Waals surface area contributed by atoms with Crippen molar-refractivity contribution in [3.05, 3.63) is 57.5 Å². The second-order valence-electron chi connectivity index (χ2n) is 6.81. The maximum Gasteiger partial charge on any atom is 0.120 e. The van der Waals surface area contributed by atoms with Crippen molar-refractivity contribution >= 4 is 31.9 Å². The molecule has 4 heteroatoms. The minimum Gasteiger partial charge on any atom is -0.488 e. The van der Waals surface area contributed by atoms with Crippen LogP contribution >= 0.6 is 31.9 Å². The summed E-state index contributed by atoms with van der Waals surface area (Å²) in [5, 5.41) is 0. The van der Waals surface area contributed by atoms with Gasteiger partial charge in [0.25, 0.3) is 0 Å². The highest BCUT2D eigenvalue weighted by Crippen LogP contribution is 2.30. The summed E-state index contributed by atoms with van der Waals surface area (Å²) in [7, 11) is 0. The van der Waals surface area contributed by atoms with E-state index in [2.05, 4.69) is 59.6 Å². The molecule has 0 amide bonds. The Bertz CT molecular complexity index is 574. The molecule has 0 bridgehead atoms. The molecule has 0 heterocycles. The van der Waals surface area contributed by atoms with Crippen LogP contribution in [0.1, 0.15) is 34.1 Å². The van der Waals surface area contributed by atoms with Crippen LogP contribution < -0.4 is 9.47 Å². The molecule has 124 valence electrons. The van der Waals surface area contributed by atoms with E-state index in [9.17, 15) is 0 Å². The van der Waals surface area contributed by atoms with Gasteiger partial charge in [-0.25, -0.2) is 0 Å². The quantitative estimate of drug-likeness (QED) is 0.501. The van der Waals surface area contributed by atoms with Gasteiger partial charge in [-0.1, -0.05) is 31.9 Å². The highest BCUT2D eigenvalue weighted by Gasteiger charge is 2.32. The fourth-order valence-corrected chi connectivity index (χ4v) is 3.27. The van der Waals surface area contributed by atoms with Crippen molar-refractivity contribution in [1.82, 2.24) is 0 Å². The zero-order chi connectivity index (χ0) is 17.1. The third-order valence-electron chi connectivity index (χ3n) is 3.27. The van der Waals surface area contributed by atoms with E-state index in [0.717, 1.165) is 26.9 Å². The van der Waals surface area contributed by atoms with E-state index in [0.29, 0.717) is 0 Å². The molecule has 0 unspecified atom stereocenters. The molecule has 0 saturated carbocycles. The van der Waals surface area contributed by atoms with E-state index in [1.165, 1.54) is 0 Å². The van der Waals surface area contributed by atoms with Gasteiger partial charge in [-0.3, -0.25) is 0 Å². The predicted molar refractivity (Wildman–Crippen MR) is 102 cm³/mol. The summed E-state index contributed by atoms with van der Waals surface area (Å²) in [6.45, 7) is 8.34. The first-order valence-electron chi connectivity index (χ1n) is 7.54. The van der Waals surface area contributed by atoms with Crippen LogP contribution in [0.2, 0.25) is 0 Å². The highest BCUT2D eigenvalue weighted by atomic mass is 79.9. The van der Waals surface area contributed by atoms with Gasteiger partial charge in [-0.05, 0) is 76.2 Å². The lowest BCUT2D eigenvalue weighted by molar-refractivity contribution is 0.00504. The minimum absolute atomic E-state index is 0.341. The average molecular weight is 442 g/mol. The Morgan fingerprint density at radius 1 is 0.652 bits per heavy atom. The van der Waals surface area contributed by atoms with E-state index in [1.807, 2.05) is 48.5 Å². The van der Waals surface area contributed by atoms with Gasteiger partial charge < -0.3 is 9.47 Å². The summed E-state index contributed by atoms with van der Waals surface area (Å²) >= 11 is 6.87. The van der Waals surface area contributed by atoms with E-state index < -0.39 is 0 Å². The van der Waals surface area contributed by atoms with Gasteiger partial charge in [-0.15, -0.1) is 0 Å². The summed E-state index contributed by atoms with van der Waals surface area (Å²) in [5.41, 5.74) is -0.681. The Hall–Kier alpha value is -1.00. The Kier molecular flexibility index (Phi) is 5.79. The molecule has 0 aliphatic heterocycles. The largest absolute Gasteiger partial charge is 0.488 e. The number of ether oxygens (including phenoxy) is 2. The second-order valence-corrected chi connectivity index (χ2v) is 8.64. The summed E-state index contributed by atoms with van der Waals surface area (Å²) < 4.78 is 14.4. The van der Waals surface area contributed by atoms with E-state index in [-0.39, 0.29) is 11.2 Å². The van der Waals surface area contributed by atoms with Gasteiger partial charge in [0.05, 0.1) is 0 Å². The third-order valence-corrected chi connectivity index (χ3v) is 4.32. The summed E-state index contributed by atoms with van der Waals surface area (Å²) in [5.74, 6) is 1.72. The SMILES string of the molecule is CC(C)(CC(C)(C)Oc1ccc(Br)cc1)Oc1ccc(Br)cc1. The first-order chi connectivity index (χ1) is 10.7. The molecule has 0 fully saturated rings. The Morgan fingerprint density at radius 2 is 0.957 bits per heavy atom. The normalized spacial score (nSPS) is 12.1. The number of hydrogen-bond acceptors (Lipinski definition) is 2. The number of rotatable bonds is 6. The van der Waals surface area contributed by atoms with Crippen molar-refractivity contribution in [3.8, 4) is 11.5 Å². The monoisotopic (exact) mass is 440 g/mol. The summed E-state index contributed by atoms with van der Waals surface area (Å²) in [6, 6.07) is 15.8. The molecular weight excluding hydrogens is 420 g/mol. The number of hydrogen-bond donors (Lipinski definition) is 0. The minimum atomic E-state index is -0.341. The molecule has 0 spiro atoms.